The van der Waals surface area contributed by atoms with E-state index in [9.17, 15) is 0 Å². The minimum absolute atomic E-state index is 0.683. The summed E-state index contributed by atoms with van der Waals surface area (Å²) in [6.07, 6.45) is 4.98. The van der Waals surface area contributed by atoms with Crippen molar-refractivity contribution in [3.63, 3.8) is 0 Å². The van der Waals surface area contributed by atoms with Crippen LogP contribution in [0.3, 0.4) is 0 Å². The number of hydrogen-bond acceptors (Lipinski definition) is 4. The molecular weight excluding hydrogens is 284 g/mol. The molecule has 1 aromatic rings. The van der Waals surface area contributed by atoms with Gasteiger partial charge < -0.3 is 15.1 Å². The molecule has 0 aromatic carbocycles. The lowest BCUT2D eigenvalue weighted by Gasteiger charge is -2.36. The number of piperidine rings is 1. The van der Waals surface area contributed by atoms with Gasteiger partial charge in [0, 0.05) is 31.7 Å². The first-order chi connectivity index (χ1) is 10.1. The lowest BCUT2D eigenvalue weighted by atomic mass is 10.0. The molecule has 5 heteroatoms. The molecule has 1 saturated carbocycles. The quantitative estimate of drug-likeness (QED) is 0.906. The Hall–Kier alpha value is -0.840. The van der Waals surface area contributed by atoms with Gasteiger partial charge in [-0.3, -0.25) is 0 Å². The molecule has 0 bridgehead atoms. The van der Waals surface area contributed by atoms with Gasteiger partial charge >= 0.3 is 0 Å². The normalized spacial score (nSPS) is 20.3. The fraction of sp³-hybridized carbons (Fsp3) is 0.688. The summed E-state index contributed by atoms with van der Waals surface area (Å²) in [5.41, 5.74) is 0.982. The van der Waals surface area contributed by atoms with Crippen molar-refractivity contribution in [1.82, 2.24) is 15.2 Å². The van der Waals surface area contributed by atoms with Gasteiger partial charge in [0.2, 0.25) is 0 Å². The van der Waals surface area contributed by atoms with Crippen molar-refractivity contribution in [2.24, 2.45) is 0 Å². The summed E-state index contributed by atoms with van der Waals surface area (Å²) >= 11 is 6.28. The number of hydrogen-bond donors (Lipinski definition) is 1. The maximum Gasteiger partial charge on any atom is 0.128 e. The number of anilines is 1. The Labute approximate surface area is 132 Å². The van der Waals surface area contributed by atoms with E-state index >= 15 is 0 Å². The lowest BCUT2D eigenvalue weighted by molar-refractivity contribution is 0.249. The van der Waals surface area contributed by atoms with E-state index in [4.69, 9.17) is 16.6 Å². The molecule has 2 aliphatic rings. The van der Waals surface area contributed by atoms with Gasteiger partial charge in [-0.05, 0) is 51.9 Å². The fourth-order valence-corrected chi connectivity index (χ4v) is 3.08. The average molecular weight is 309 g/mol. The largest absolute Gasteiger partial charge is 0.356 e. The Morgan fingerprint density at radius 3 is 2.57 bits per heavy atom. The molecule has 0 unspecified atom stereocenters. The third kappa shape index (κ3) is 3.87. The Bertz CT molecular complexity index is 479. The first-order valence-electron chi connectivity index (χ1n) is 7.93. The summed E-state index contributed by atoms with van der Waals surface area (Å²) in [6, 6.07) is 5.43. The van der Waals surface area contributed by atoms with Crippen LogP contribution in [0, 0.1) is 0 Å². The third-order valence-corrected chi connectivity index (χ3v) is 4.90. The van der Waals surface area contributed by atoms with Gasteiger partial charge in [-0.15, -0.1) is 0 Å². The number of nitrogens with zero attached hydrogens (tertiary/aromatic N) is 3. The summed E-state index contributed by atoms with van der Waals surface area (Å²) < 4.78 is 0. The van der Waals surface area contributed by atoms with Crippen LogP contribution in [-0.2, 0) is 6.54 Å². The minimum Gasteiger partial charge on any atom is -0.356 e. The Balaban J connectivity index is 1.63. The van der Waals surface area contributed by atoms with Crippen molar-refractivity contribution in [1.29, 1.82) is 0 Å². The second-order valence-corrected chi connectivity index (χ2v) is 6.84. The second kappa shape index (κ2) is 6.51. The zero-order valence-corrected chi connectivity index (χ0v) is 13.7. The zero-order chi connectivity index (χ0) is 14.8. The van der Waals surface area contributed by atoms with Crippen molar-refractivity contribution in [3.8, 4) is 0 Å². The average Bonchev–Trinajstić information content (AvgIpc) is 3.31. The van der Waals surface area contributed by atoms with Crippen molar-refractivity contribution >= 4 is 17.4 Å². The number of halogens is 1. The molecule has 1 N–H and O–H groups in total. The Kier molecular flexibility index (Phi) is 4.67. The van der Waals surface area contributed by atoms with Crippen LogP contribution in [-0.4, -0.2) is 49.2 Å². The Morgan fingerprint density at radius 2 is 1.95 bits per heavy atom. The minimum atomic E-state index is 0.683. The molecule has 2 heterocycles. The molecule has 1 saturated heterocycles. The third-order valence-electron chi connectivity index (χ3n) is 4.56. The van der Waals surface area contributed by atoms with E-state index in [1.807, 2.05) is 6.07 Å². The molecule has 0 atom stereocenters. The van der Waals surface area contributed by atoms with Crippen molar-refractivity contribution < 1.29 is 0 Å². The summed E-state index contributed by atoms with van der Waals surface area (Å²) in [5, 5.41) is 4.27. The van der Waals surface area contributed by atoms with E-state index in [-0.39, 0.29) is 0 Å². The fourth-order valence-electron chi connectivity index (χ4n) is 2.91. The summed E-state index contributed by atoms with van der Waals surface area (Å²) in [6.45, 7) is 2.94. The van der Waals surface area contributed by atoms with Crippen molar-refractivity contribution in [2.45, 2.75) is 44.3 Å². The summed E-state index contributed by atoms with van der Waals surface area (Å²) in [7, 11) is 4.34. The van der Waals surface area contributed by atoms with Crippen LogP contribution < -0.4 is 10.2 Å². The van der Waals surface area contributed by atoms with E-state index in [1.54, 1.807) is 0 Å². The molecule has 1 aliphatic carbocycles. The maximum atomic E-state index is 6.28. The SMILES string of the molecule is CN(C)C1CCN(c2ccc(Cl)c(CNC3CC3)n2)CC1. The number of aromatic nitrogens is 1. The van der Waals surface area contributed by atoms with Crippen LogP contribution in [0.25, 0.3) is 0 Å². The van der Waals surface area contributed by atoms with E-state index in [1.165, 1.54) is 25.7 Å². The van der Waals surface area contributed by atoms with Gasteiger partial charge in [-0.2, -0.15) is 0 Å². The highest BCUT2D eigenvalue weighted by atomic mass is 35.5. The number of nitrogens with one attached hydrogen (secondary N) is 1. The molecule has 116 valence electrons. The summed E-state index contributed by atoms with van der Waals surface area (Å²) in [4.78, 5) is 9.50. The van der Waals surface area contributed by atoms with Crippen LogP contribution in [0.15, 0.2) is 12.1 Å². The van der Waals surface area contributed by atoms with E-state index < -0.39 is 0 Å². The topological polar surface area (TPSA) is 31.4 Å². The maximum absolute atomic E-state index is 6.28. The molecule has 1 aliphatic heterocycles. The molecule has 3 rings (SSSR count). The van der Waals surface area contributed by atoms with Crippen LogP contribution in [0.2, 0.25) is 5.02 Å². The number of pyridine rings is 1. The van der Waals surface area contributed by atoms with Crippen molar-refractivity contribution in [3.05, 3.63) is 22.8 Å². The predicted molar refractivity (Wildman–Crippen MR) is 88.0 cm³/mol. The second-order valence-electron chi connectivity index (χ2n) is 6.43. The van der Waals surface area contributed by atoms with E-state index in [0.717, 1.165) is 36.2 Å². The monoisotopic (exact) mass is 308 g/mol. The van der Waals surface area contributed by atoms with Gasteiger partial charge in [0.05, 0.1) is 10.7 Å². The van der Waals surface area contributed by atoms with Crippen molar-refractivity contribution in [2.75, 3.05) is 32.1 Å². The molecule has 21 heavy (non-hydrogen) atoms. The van der Waals surface area contributed by atoms with Gasteiger partial charge in [0.15, 0.2) is 0 Å². The van der Waals surface area contributed by atoms with Crippen LogP contribution in [0.1, 0.15) is 31.4 Å². The molecule has 0 amide bonds. The van der Waals surface area contributed by atoms with Gasteiger partial charge in [0.25, 0.3) is 0 Å². The standard InChI is InChI=1S/C16H25ClN4/c1-20(2)13-7-9-21(10-8-13)16-6-5-14(17)15(19-16)11-18-12-3-4-12/h5-6,12-13,18H,3-4,7-11H2,1-2H3. The van der Waals surface area contributed by atoms with Gasteiger partial charge in [0.1, 0.15) is 5.82 Å². The highest BCUT2D eigenvalue weighted by Gasteiger charge is 2.23. The Morgan fingerprint density at radius 1 is 1.24 bits per heavy atom. The van der Waals surface area contributed by atoms with E-state index in [0.29, 0.717) is 12.1 Å². The highest BCUT2D eigenvalue weighted by Crippen LogP contribution is 2.25. The lowest BCUT2D eigenvalue weighted by Crippen LogP contribution is -2.42. The first kappa shape index (κ1) is 15.1. The van der Waals surface area contributed by atoms with Crippen LogP contribution >= 0.6 is 11.6 Å². The molecular formula is C16H25ClN4. The predicted octanol–water partition coefficient (Wildman–Crippen LogP) is 2.52. The number of rotatable bonds is 5. The summed E-state index contributed by atoms with van der Waals surface area (Å²) in [5.74, 6) is 1.07. The van der Waals surface area contributed by atoms with Crippen LogP contribution in [0.4, 0.5) is 5.82 Å². The first-order valence-corrected chi connectivity index (χ1v) is 8.31. The van der Waals surface area contributed by atoms with E-state index in [2.05, 4.69) is 35.3 Å². The smallest absolute Gasteiger partial charge is 0.128 e. The molecule has 0 radical (unpaired) electrons. The van der Waals surface area contributed by atoms with Crippen LogP contribution in [0.5, 0.6) is 0 Å². The van der Waals surface area contributed by atoms with Gasteiger partial charge in [-0.25, -0.2) is 4.98 Å². The molecule has 1 aromatic heterocycles. The molecule has 2 fully saturated rings. The highest BCUT2D eigenvalue weighted by molar-refractivity contribution is 6.31. The molecule has 0 spiro atoms. The zero-order valence-electron chi connectivity index (χ0n) is 13.0. The van der Waals surface area contributed by atoms with Gasteiger partial charge in [-0.1, -0.05) is 11.6 Å². The molecule has 4 nitrogen and oxygen atoms in total.